The van der Waals surface area contributed by atoms with Gasteiger partial charge in [0.2, 0.25) is 0 Å². The summed E-state index contributed by atoms with van der Waals surface area (Å²) in [4.78, 5) is 0. The lowest BCUT2D eigenvalue weighted by Crippen LogP contribution is -2.06. The quantitative estimate of drug-likeness (QED) is 0.762. The van der Waals surface area contributed by atoms with Crippen LogP contribution in [0, 0.1) is 0 Å². The van der Waals surface area contributed by atoms with Crippen LogP contribution < -0.4 is 10.1 Å². The van der Waals surface area contributed by atoms with Gasteiger partial charge in [0.25, 0.3) is 0 Å². The summed E-state index contributed by atoms with van der Waals surface area (Å²) in [5.41, 5.74) is 2.34. The van der Waals surface area contributed by atoms with Gasteiger partial charge in [0.05, 0.1) is 15.6 Å². The van der Waals surface area contributed by atoms with Gasteiger partial charge >= 0.3 is 0 Å². The Bertz CT molecular complexity index is 381. The predicted molar refractivity (Wildman–Crippen MR) is 79.5 cm³/mol. The van der Waals surface area contributed by atoms with Gasteiger partial charge in [-0.25, -0.2) is 0 Å². The van der Waals surface area contributed by atoms with Gasteiger partial charge in [0, 0.05) is 13.0 Å². The second-order valence-corrected chi connectivity index (χ2v) is 5.68. The third-order valence-electron chi connectivity index (χ3n) is 2.21. The van der Waals surface area contributed by atoms with Gasteiger partial charge in [-0.1, -0.05) is 5.57 Å². The molecule has 1 rings (SSSR count). The lowest BCUT2D eigenvalue weighted by atomic mass is 10.2. The summed E-state index contributed by atoms with van der Waals surface area (Å²) in [5, 5.41) is 3.12. The molecule has 2 nitrogen and oxygen atoms in total. The van der Waals surface area contributed by atoms with Gasteiger partial charge in [-0.05, 0) is 63.5 Å². The molecule has 0 saturated carbocycles. The standard InChI is InChI=1S/C13H17Br2NO/c1-9(2)4-5-17-13-11(14)6-10(8-16-3)7-12(13)15/h6-7,16H,1,4-5,8H2,2-3H3. The fourth-order valence-electron chi connectivity index (χ4n) is 1.38. The molecule has 0 heterocycles. The minimum Gasteiger partial charge on any atom is -0.491 e. The molecule has 0 unspecified atom stereocenters. The van der Waals surface area contributed by atoms with Crippen LogP contribution in [0.15, 0.2) is 33.2 Å². The summed E-state index contributed by atoms with van der Waals surface area (Å²) in [7, 11) is 1.93. The Kier molecular flexibility index (Phi) is 6.23. The first-order valence-corrected chi connectivity index (χ1v) is 7.03. The molecule has 0 fully saturated rings. The Morgan fingerprint density at radius 2 is 1.94 bits per heavy atom. The van der Waals surface area contributed by atoms with Crippen molar-refractivity contribution in [1.29, 1.82) is 0 Å². The van der Waals surface area contributed by atoms with Crippen LogP contribution in [0.3, 0.4) is 0 Å². The number of rotatable bonds is 6. The van der Waals surface area contributed by atoms with E-state index in [9.17, 15) is 0 Å². The average molecular weight is 363 g/mol. The van der Waals surface area contributed by atoms with Gasteiger partial charge in [-0.3, -0.25) is 0 Å². The normalized spacial score (nSPS) is 10.4. The Morgan fingerprint density at radius 1 is 1.35 bits per heavy atom. The first-order valence-electron chi connectivity index (χ1n) is 5.44. The van der Waals surface area contributed by atoms with E-state index in [1.165, 1.54) is 5.56 Å². The van der Waals surface area contributed by atoms with Crippen LogP contribution in [0.1, 0.15) is 18.9 Å². The van der Waals surface area contributed by atoms with Crippen LogP contribution in [0.2, 0.25) is 0 Å². The van der Waals surface area contributed by atoms with Crippen LogP contribution in [0.4, 0.5) is 0 Å². The third-order valence-corrected chi connectivity index (χ3v) is 3.39. The summed E-state index contributed by atoms with van der Waals surface area (Å²) in [6.45, 7) is 7.35. The number of nitrogens with one attached hydrogen (secondary N) is 1. The average Bonchev–Trinajstić information content (AvgIpc) is 2.22. The highest BCUT2D eigenvalue weighted by atomic mass is 79.9. The molecule has 0 saturated heterocycles. The molecule has 0 radical (unpaired) electrons. The van der Waals surface area contributed by atoms with Crippen molar-refractivity contribution in [3.05, 3.63) is 38.8 Å². The van der Waals surface area contributed by atoms with Crippen LogP contribution in [-0.2, 0) is 6.54 Å². The maximum absolute atomic E-state index is 5.74. The topological polar surface area (TPSA) is 21.3 Å². The van der Waals surface area contributed by atoms with E-state index < -0.39 is 0 Å². The largest absolute Gasteiger partial charge is 0.491 e. The van der Waals surface area contributed by atoms with Crippen molar-refractivity contribution in [2.45, 2.75) is 19.9 Å². The molecular formula is C13H17Br2NO. The zero-order valence-electron chi connectivity index (χ0n) is 10.1. The van der Waals surface area contributed by atoms with Gasteiger partial charge < -0.3 is 10.1 Å². The summed E-state index contributed by atoms with van der Waals surface area (Å²) in [6.07, 6.45) is 0.872. The third kappa shape index (κ3) is 4.82. The summed E-state index contributed by atoms with van der Waals surface area (Å²) < 4.78 is 7.68. The van der Waals surface area contributed by atoms with Crippen molar-refractivity contribution in [1.82, 2.24) is 5.32 Å². The van der Waals surface area contributed by atoms with E-state index in [0.29, 0.717) is 6.61 Å². The van der Waals surface area contributed by atoms with Crippen LogP contribution in [0.25, 0.3) is 0 Å². The Balaban J connectivity index is 2.75. The van der Waals surface area contributed by atoms with E-state index in [1.54, 1.807) is 0 Å². The molecular weight excluding hydrogens is 346 g/mol. The fraction of sp³-hybridized carbons (Fsp3) is 0.385. The zero-order chi connectivity index (χ0) is 12.8. The van der Waals surface area contributed by atoms with E-state index in [4.69, 9.17) is 4.74 Å². The molecule has 4 heteroatoms. The molecule has 0 aliphatic heterocycles. The fourth-order valence-corrected chi connectivity index (χ4v) is 2.89. The zero-order valence-corrected chi connectivity index (χ0v) is 13.3. The highest BCUT2D eigenvalue weighted by Crippen LogP contribution is 2.34. The molecule has 1 aromatic rings. The lowest BCUT2D eigenvalue weighted by Gasteiger charge is -2.12. The smallest absolute Gasteiger partial charge is 0.147 e. The number of benzene rings is 1. The summed E-state index contributed by atoms with van der Waals surface area (Å²) in [6, 6.07) is 4.13. The number of hydrogen-bond acceptors (Lipinski definition) is 2. The first kappa shape index (κ1) is 14.7. The van der Waals surface area contributed by atoms with Gasteiger partial charge in [0.15, 0.2) is 0 Å². The highest BCUT2D eigenvalue weighted by molar-refractivity contribution is 9.11. The second-order valence-electron chi connectivity index (χ2n) is 3.97. The molecule has 0 atom stereocenters. The molecule has 1 N–H and O–H groups in total. The molecule has 0 aliphatic rings. The molecule has 94 valence electrons. The number of hydrogen-bond donors (Lipinski definition) is 1. The van der Waals surface area contributed by atoms with Crippen LogP contribution >= 0.6 is 31.9 Å². The molecule has 17 heavy (non-hydrogen) atoms. The van der Waals surface area contributed by atoms with Crippen molar-refractivity contribution < 1.29 is 4.74 Å². The Hall–Kier alpha value is -0.320. The maximum Gasteiger partial charge on any atom is 0.147 e. The van der Waals surface area contributed by atoms with Gasteiger partial charge in [-0.15, -0.1) is 6.58 Å². The van der Waals surface area contributed by atoms with Crippen molar-refractivity contribution in [2.75, 3.05) is 13.7 Å². The highest BCUT2D eigenvalue weighted by Gasteiger charge is 2.08. The minimum atomic E-state index is 0.651. The van der Waals surface area contributed by atoms with Crippen molar-refractivity contribution in [3.8, 4) is 5.75 Å². The van der Waals surface area contributed by atoms with Crippen LogP contribution in [0.5, 0.6) is 5.75 Å². The maximum atomic E-state index is 5.74. The molecule has 0 aliphatic carbocycles. The predicted octanol–water partition coefficient (Wildman–Crippen LogP) is 4.28. The van der Waals surface area contributed by atoms with E-state index in [2.05, 4.69) is 55.9 Å². The Morgan fingerprint density at radius 3 is 2.41 bits per heavy atom. The van der Waals surface area contributed by atoms with Crippen molar-refractivity contribution >= 4 is 31.9 Å². The van der Waals surface area contributed by atoms with Crippen molar-refractivity contribution in [3.63, 3.8) is 0 Å². The molecule has 0 spiro atoms. The summed E-state index contributed by atoms with van der Waals surface area (Å²) in [5.74, 6) is 0.853. The first-order chi connectivity index (χ1) is 8.04. The number of ether oxygens (including phenoxy) is 1. The summed E-state index contributed by atoms with van der Waals surface area (Å²) >= 11 is 7.06. The van der Waals surface area contributed by atoms with Crippen molar-refractivity contribution in [2.24, 2.45) is 0 Å². The lowest BCUT2D eigenvalue weighted by molar-refractivity contribution is 0.317. The molecule has 1 aromatic carbocycles. The second kappa shape index (κ2) is 7.19. The number of halogens is 2. The SMILES string of the molecule is C=C(C)CCOc1c(Br)cc(CNC)cc1Br. The van der Waals surface area contributed by atoms with E-state index in [1.807, 2.05) is 14.0 Å². The monoisotopic (exact) mass is 361 g/mol. The molecule has 0 aromatic heterocycles. The molecule has 0 bridgehead atoms. The van der Waals surface area contributed by atoms with E-state index >= 15 is 0 Å². The van der Waals surface area contributed by atoms with Gasteiger partial charge in [0.1, 0.15) is 5.75 Å². The van der Waals surface area contributed by atoms with E-state index in [-0.39, 0.29) is 0 Å². The molecule has 0 amide bonds. The van der Waals surface area contributed by atoms with E-state index in [0.717, 1.165) is 33.2 Å². The van der Waals surface area contributed by atoms with Gasteiger partial charge in [-0.2, -0.15) is 0 Å². The van der Waals surface area contributed by atoms with Crippen LogP contribution in [-0.4, -0.2) is 13.7 Å². The minimum absolute atomic E-state index is 0.651. The Labute approximate surface area is 120 Å².